The predicted molar refractivity (Wildman–Crippen MR) is 178 cm³/mol. The van der Waals surface area contributed by atoms with Gasteiger partial charge in [-0.05, 0) is 79.1 Å². The molecule has 3 heterocycles. The van der Waals surface area contributed by atoms with E-state index in [1.807, 2.05) is 24.1 Å². The Kier molecular flexibility index (Phi) is 12.5. The summed E-state index contributed by atoms with van der Waals surface area (Å²) in [5.74, 6) is -0.908. The van der Waals surface area contributed by atoms with E-state index >= 15 is 0 Å². The van der Waals surface area contributed by atoms with Crippen LogP contribution in [0.5, 0.6) is 5.75 Å². The van der Waals surface area contributed by atoms with Crippen molar-refractivity contribution in [3.8, 4) is 17.0 Å². The molecule has 2 aliphatic heterocycles. The highest BCUT2D eigenvalue weighted by atomic mass is 35.5. The molecule has 242 valence electrons. The Balaban J connectivity index is 0.000000342. The summed E-state index contributed by atoms with van der Waals surface area (Å²) in [6, 6.07) is 21.2. The van der Waals surface area contributed by atoms with Gasteiger partial charge in [0.15, 0.2) is 0 Å². The molecule has 1 saturated carbocycles. The zero-order valence-electron chi connectivity index (χ0n) is 25.8. The van der Waals surface area contributed by atoms with E-state index < -0.39 is 12.5 Å². The summed E-state index contributed by atoms with van der Waals surface area (Å²) in [7, 11) is 0. The van der Waals surface area contributed by atoms with Crippen molar-refractivity contribution in [2.75, 3.05) is 45.9 Å². The molecule has 0 bridgehead atoms. The van der Waals surface area contributed by atoms with Gasteiger partial charge in [0.1, 0.15) is 5.75 Å². The Morgan fingerprint density at radius 1 is 0.911 bits per heavy atom. The van der Waals surface area contributed by atoms with Gasteiger partial charge in [-0.2, -0.15) is 0 Å². The van der Waals surface area contributed by atoms with Crippen LogP contribution in [0.25, 0.3) is 11.3 Å². The Morgan fingerprint density at radius 3 is 2.27 bits per heavy atom. The molecule has 1 amide bonds. The fourth-order valence-electron chi connectivity index (χ4n) is 5.96. The van der Waals surface area contributed by atoms with Crippen LogP contribution in [0.2, 0.25) is 5.02 Å². The van der Waals surface area contributed by atoms with Gasteiger partial charge in [-0.15, -0.1) is 0 Å². The summed E-state index contributed by atoms with van der Waals surface area (Å²) in [6.07, 6.45) is 9.28. The second-order valence-corrected chi connectivity index (χ2v) is 13.8. The van der Waals surface area contributed by atoms with E-state index in [0.29, 0.717) is 24.4 Å². The molecule has 2 aromatic carbocycles. The van der Waals surface area contributed by atoms with Gasteiger partial charge in [-0.3, -0.25) is 14.7 Å². The van der Waals surface area contributed by atoms with Crippen LogP contribution >= 0.6 is 23.5 Å². The summed E-state index contributed by atoms with van der Waals surface area (Å²) < 4.78 is 33.4. The molecule has 0 N–H and O–H groups in total. The first-order valence-electron chi connectivity index (χ1n) is 16.0. The van der Waals surface area contributed by atoms with Gasteiger partial charge in [-0.25, -0.2) is 13.1 Å². The lowest BCUT2D eigenvalue weighted by Gasteiger charge is -2.33. The molecule has 0 unspecified atom stereocenters. The molecule has 3 aromatic rings. The molecule has 3 fully saturated rings. The Labute approximate surface area is 275 Å². The average Bonchev–Trinajstić information content (AvgIpc) is 3.06. The Bertz CT molecular complexity index is 1320. The molecule has 0 atom stereocenters. The van der Waals surface area contributed by atoms with Crippen molar-refractivity contribution < 1.29 is 18.3 Å². The molecule has 10 heteroatoms. The molecule has 2 saturated heterocycles. The molecule has 0 spiro atoms. The number of halogens is 3. The van der Waals surface area contributed by atoms with Crippen LogP contribution in [0.1, 0.15) is 50.5 Å². The maximum Gasteiger partial charge on any atom is 0.265 e. The maximum absolute atomic E-state index is 12.4. The van der Waals surface area contributed by atoms with Gasteiger partial charge in [-0.1, -0.05) is 55.1 Å². The third-order valence-corrected chi connectivity index (χ3v) is 9.88. The van der Waals surface area contributed by atoms with E-state index in [4.69, 9.17) is 16.3 Å². The number of carbonyl (C=O) groups excluding carboxylic acids is 1. The number of piperazine rings is 1. The van der Waals surface area contributed by atoms with Gasteiger partial charge in [0.25, 0.3) is 5.92 Å². The minimum atomic E-state index is -2.65. The number of pyridine rings is 1. The first-order valence-corrected chi connectivity index (χ1v) is 17.2. The normalized spacial score (nSPS) is 19.4. The molecule has 6 nitrogen and oxygen atoms in total. The van der Waals surface area contributed by atoms with Crippen LogP contribution in [0.3, 0.4) is 0 Å². The van der Waals surface area contributed by atoms with E-state index in [1.165, 1.54) is 42.6 Å². The summed E-state index contributed by atoms with van der Waals surface area (Å²) in [4.78, 5) is 19.4. The zero-order valence-corrected chi connectivity index (χ0v) is 27.3. The molecular weight excluding hydrogens is 614 g/mol. The Morgan fingerprint density at radius 2 is 1.64 bits per heavy atom. The lowest BCUT2D eigenvalue weighted by atomic mass is 9.90. The van der Waals surface area contributed by atoms with E-state index in [2.05, 4.69) is 62.7 Å². The maximum atomic E-state index is 12.4. The standard InChI is InChI=1S/C29H34ClN3OS.C6H9F2NO/c30-26-10-15-29(31-20-26)25-8-6-23(7-9-25)21-32-16-18-33(19-17-32)35-28-13-11-27(12-14-28)34-22-24-4-2-1-3-5-24;7-6(8)2-1-3-9(4-6)5-10/h6-15,20,24H,1-5,16-19,21-22H2;5H,1-4H2. The van der Waals surface area contributed by atoms with Crippen molar-refractivity contribution in [3.63, 3.8) is 0 Å². The number of likely N-dealkylation sites (tertiary alicyclic amines) is 1. The second-order valence-electron chi connectivity index (χ2n) is 12.2. The summed E-state index contributed by atoms with van der Waals surface area (Å²) >= 11 is 7.82. The number of ether oxygens (including phenoxy) is 1. The summed E-state index contributed by atoms with van der Waals surface area (Å²) in [5, 5.41) is 0.665. The fourth-order valence-corrected chi connectivity index (χ4v) is 6.98. The van der Waals surface area contributed by atoms with Crippen molar-refractivity contribution in [1.29, 1.82) is 0 Å². The smallest absolute Gasteiger partial charge is 0.265 e. The van der Waals surface area contributed by atoms with Gasteiger partial charge in [0.05, 0.1) is 23.9 Å². The van der Waals surface area contributed by atoms with E-state index in [1.54, 1.807) is 6.20 Å². The first kappa shape index (κ1) is 33.6. The number of aromatic nitrogens is 1. The largest absolute Gasteiger partial charge is 0.493 e. The van der Waals surface area contributed by atoms with Crippen molar-refractivity contribution in [2.24, 2.45) is 5.92 Å². The molecule has 1 aromatic heterocycles. The minimum absolute atomic E-state index is 0.0860. The Hall–Kier alpha value is -2.72. The lowest BCUT2D eigenvalue weighted by Crippen LogP contribution is -2.42. The highest BCUT2D eigenvalue weighted by molar-refractivity contribution is 7.97. The molecular formula is C35H43ClF2N4O2S. The monoisotopic (exact) mass is 656 g/mol. The van der Waals surface area contributed by atoms with Crippen molar-refractivity contribution in [1.82, 2.24) is 19.1 Å². The number of benzene rings is 2. The van der Waals surface area contributed by atoms with E-state index in [9.17, 15) is 13.6 Å². The third kappa shape index (κ3) is 10.9. The van der Waals surface area contributed by atoms with E-state index in [-0.39, 0.29) is 6.42 Å². The average molecular weight is 657 g/mol. The molecule has 6 rings (SSSR count). The van der Waals surface area contributed by atoms with Crippen molar-refractivity contribution >= 4 is 30.0 Å². The second kappa shape index (κ2) is 16.7. The fraction of sp³-hybridized carbons (Fsp3) is 0.486. The van der Waals surface area contributed by atoms with Gasteiger partial charge in [0, 0.05) is 62.3 Å². The van der Waals surface area contributed by atoms with Crippen molar-refractivity contribution in [2.45, 2.75) is 62.3 Å². The van der Waals surface area contributed by atoms with Crippen LogP contribution in [0.4, 0.5) is 8.78 Å². The lowest BCUT2D eigenvalue weighted by molar-refractivity contribution is -0.128. The van der Waals surface area contributed by atoms with Crippen LogP contribution in [0, 0.1) is 5.92 Å². The summed E-state index contributed by atoms with van der Waals surface area (Å²) in [6.45, 7) is 6.21. The van der Waals surface area contributed by atoms with Crippen molar-refractivity contribution in [3.05, 3.63) is 77.4 Å². The number of hydrogen-bond donors (Lipinski definition) is 0. The molecule has 0 radical (unpaired) electrons. The number of amides is 1. The van der Waals surface area contributed by atoms with Gasteiger partial charge >= 0.3 is 0 Å². The van der Waals surface area contributed by atoms with Crippen LogP contribution in [-0.4, -0.2) is 77.3 Å². The number of rotatable bonds is 9. The molecule has 3 aliphatic rings. The van der Waals surface area contributed by atoms with Crippen LogP contribution < -0.4 is 4.74 Å². The van der Waals surface area contributed by atoms with Gasteiger partial charge < -0.3 is 9.64 Å². The highest BCUT2D eigenvalue weighted by Gasteiger charge is 2.34. The number of alkyl halides is 2. The highest BCUT2D eigenvalue weighted by Crippen LogP contribution is 2.29. The first-order chi connectivity index (χ1) is 21.8. The number of nitrogens with zero attached hydrogens (tertiary/aromatic N) is 4. The summed E-state index contributed by atoms with van der Waals surface area (Å²) in [5.41, 5.74) is 3.42. The molecule has 45 heavy (non-hydrogen) atoms. The third-order valence-electron chi connectivity index (χ3n) is 8.55. The minimum Gasteiger partial charge on any atom is -0.493 e. The van der Waals surface area contributed by atoms with Gasteiger partial charge in [0.2, 0.25) is 6.41 Å². The SMILES string of the molecule is Clc1ccc(-c2ccc(CN3CCN(Sc4ccc(OCC5CCCCC5)cc4)CC3)cc2)nc1.O=CN1CCCC(F)(F)C1. The number of carbonyl (C=O) groups is 1. The van der Waals surface area contributed by atoms with Crippen LogP contribution in [-0.2, 0) is 11.3 Å². The molecule has 1 aliphatic carbocycles. The quantitative estimate of drug-likeness (QED) is 0.172. The number of hydrogen-bond acceptors (Lipinski definition) is 6. The predicted octanol–water partition coefficient (Wildman–Crippen LogP) is 8.06. The zero-order chi connectivity index (χ0) is 31.5. The topological polar surface area (TPSA) is 48.9 Å². The van der Waals surface area contributed by atoms with E-state index in [0.717, 1.165) is 67.2 Å². The number of piperidine rings is 1. The van der Waals surface area contributed by atoms with Crippen LogP contribution in [0.15, 0.2) is 71.8 Å².